The number of aryl methyl sites for hydroxylation is 1. The molecule has 0 aliphatic heterocycles. The minimum Gasteiger partial charge on any atom is -0.484 e. The van der Waals surface area contributed by atoms with Crippen molar-refractivity contribution in [1.82, 2.24) is 20.1 Å². The second-order valence-corrected chi connectivity index (χ2v) is 5.44. The fraction of sp³-hybridized carbons (Fsp3) is 0.429. The second-order valence-electron chi connectivity index (χ2n) is 4.59. The van der Waals surface area contributed by atoms with E-state index in [1.165, 1.54) is 6.33 Å². The van der Waals surface area contributed by atoms with Crippen LogP contribution in [-0.4, -0.2) is 21.8 Å². The van der Waals surface area contributed by atoms with Crippen molar-refractivity contribution in [2.24, 2.45) is 0 Å². The van der Waals surface area contributed by atoms with Crippen LogP contribution in [0.25, 0.3) is 0 Å². The van der Waals surface area contributed by atoms with Crippen LogP contribution in [0.2, 0.25) is 10.0 Å². The lowest BCUT2D eigenvalue weighted by Gasteiger charge is -2.14. The highest BCUT2D eigenvalue weighted by molar-refractivity contribution is 6.35. The van der Waals surface area contributed by atoms with E-state index in [-0.39, 0.29) is 0 Å². The summed E-state index contributed by atoms with van der Waals surface area (Å²) >= 11 is 12.3. The molecule has 0 atom stereocenters. The van der Waals surface area contributed by atoms with Crippen molar-refractivity contribution >= 4 is 23.2 Å². The molecule has 1 aromatic heterocycles. The highest BCUT2D eigenvalue weighted by atomic mass is 35.5. The van der Waals surface area contributed by atoms with Gasteiger partial charge in [-0.05, 0) is 25.6 Å². The Morgan fingerprint density at radius 2 is 2.14 bits per heavy atom. The summed E-state index contributed by atoms with van der Waals surface area (Å²) in [6, 6.07) is 3.52. The van der Waals surface area contributed by atoms with Crippen molar-refractivity contribution in [3.63, 3.8) is 0 Å². The van der Waals surface area contributed by atoms with E-state index in [1.54, 1.807) is 6.07 Å². The summed E-state index contributed by atoms with van der Waals surface area (Å²) in [7, 11) is 1.86. The van der Waals surface area contributed by atoms with Gasteiger partial charge in [-0.15, -0.1) is 0 Å². The Bertz CT molecular complexity index is 601. The number of hydrogen-bond donors (Lipinski definition) is 1. The molecule has 2 rings (SSSR count). The minimum absolute atomic E-state index is 0.318. The molecular weight excluding hydrogens is 311 g/mol. The Hall–Kier alpha value is -1.30. The summed E-state index contributed by atoms with van der Waals surface area (Å²) in [4.78, 5) is 4.21. The normalized spacial score (nSPS) is 10.9. The number of benzene rings is 1. The van der Waals surface area contributed by atoms with Gasteiger partial charge in [-0.1, -0.05) is 30.1 Å². The van der Waals surface area contributed by atoms with Crippen LogP contribution in [0.1, 0.15) is 24.7 Å². The number of rotatable bonds is 7. The standard InChI is InChI=1S/C14H18Cl2N4O/c1-3-4-20-13(18-9-19-20)8-21-14-10(7-17-2)5-11(15)6-12(14)16/h5-6,9,17H,3-4,7-8H2,1-2H3. The van der Waals surface area contributed by atoms with Gasteiger partial charge in [0.1, 0.15) is 18.7 Å². The zero-order valence-electron chi connectivity index (χ0n) is 12.1. The van der Waals surface area contributed by atoms with Gasteiger partial charge in [0, 0.05) is 23.7 Å². The topological polar surface area (TPSA) is 52.0 Å². The van der Waals surface area contributed by atoms with Crippen LogP contribution < -0.4 is 10.1 Å². The third-order valence-electron chi connectivity index (χ3n) is 2.93. The minimum atomic E-state index is 0.318. The summed E-state index contributed by atoms with van der Waals surface area (Å²) < 4.78 is 7.69. The predicted molar refractivity (Wildman–Crippen MR) is 83.9 cm³/mol. The van der Waals surface area contributed by atoms with E-state index in [0.29, 0.717) is 28.9 Å². The first-order valence-corrected chi connectivity index (χ1v) is 7.53. The molecule has 0 aliphatic carbocycles. The molecule has 5 nitrogen and oxygen atoms in total. The molecule has 0 spiro atoms. The average molecular weight is 329 g/mol. The molecule has 0 aliphatic rings. The van der Waals surface area contributed by atoms with Gasteiger partial charge in [0.05, 0.1) is 5.02 Å². The van der Waals surface area contributed by atoms with Gasteiger partial charge in [0.2, 0.25) is 0 Å². The SMILES string of the molecule is CCCn1ncnc1COc1c(Cl)cc(Cl)cc1CNC. The van der Waals surface area contributed by atoms with Crippen LogP contribution in [0.3, 0.4) is 0 Å². The molecule has 114 valence electrons. The maximum Gasteiger partial charge on any atom is 0.164 e. The van der Waals surface area contributed by atoms with Crippen LogP contribution >= 0.6 is 23.2 Å². The maximum atomic E-state index is 6.23. The maximum absolute atomic E-state index is 6.23. The van der Waals surface area contributed by atoms with Gasteiger partial charge in [0.25, 0.3) is 0 Å². The molecule has 0 saturated carbocycles. The zero-order valence-corrected chi connectivity index (χ0v) is 13.6. The molecular formula is C14H18Cl2N4O. The largest absolute Gasteiger partial charge is 0.484 e. The van der Waals surface area contributed by atoms with Gasteiger partial charge < -0.3 is 10.1 Å². The fourth-order valence-electron chi connectivity index (χ4n) is 2.03. The molecule has 1 aromatic carbocycles. The van der Waals surface area contributed by atoms with Gasteiger partial charge in [-0.3, -0.25) is 0 Å². The number of aromatic nitrogens is 3. The second kappa shape index (κ2) is 7.64. The van der Waals surface area contributed by atoms with Gasteiger partial charge in [0.15, 0.2) is 5.82 Å². The van der Waals surface area contributed by atoms with Gasteiger partial charge in [-0.25, -0.2) is 9.67 Å². The lowest BCUT2D eigenvalue weighted by molar-refractivity contribution is 0.283. The Labute approximate surface area is 134 Å². The van der Waals surface area contributed by atoms with E-state index in [9.17, 15) is 0 Å². The van der Waals surface area contributed by atoms with Crippen LogP contribution in [0, 0.1) is 0 Å². The molecule has 1 N–H and O–H groups in total. The fourth-order valence-corrected chi connectivity index (χ4v) is 2.62. The lowest BCUT2D eigenvalue weighted by atomic mass is 10.2. The number of nitrogens with one attached hydrogen (secondary N) is 1. The van der Waals surface area contributed by atoms with Crippen molar-refractivity contribution in [3.8, 4) is 5.75 Å². The monoisotopic (exact) mass is 328 g/mol. The summed E-state index contributed by atoms with van der Waals surface area (Å²) in [6.07, 6.45) is 2.52. The number of hydrogen-bond acceptors (Lipinski definition) is 4. The highest BCUT2D eigenvalue weighted by Gasteiger charge is 2.12. The van der Waals surface area contributed by atoms with Crippen molar-refractivity contribution in [2.45, 2.75) is 33.0 Å². The summed E-state index contributed by atoms with van der Waals surface area (Å²) in [5, 5.41) is 8.33. The van der Waals surface area contributed by atoms with Crippen molar-refractivity contribution in [2.75, 3.05) is 7.05 Å². The van der Waals surface area contributed by atoms with E-state index in [1.807, 2.05) is 17.8 Å². The molecule has 0 radical (unpaired) electrons. The van der Waals surface area contributed by atoms with E-state index in [0.717, 1.165) is 24.4 Å². The molecule has 0 bridgehead atoms. The Balaban J connectivity index is 2.17. The Kier molecular flexibility index (Phi) is 5.85. The Morgan fingerprint density at radius 1 is 1.33 bits per heavy atom. The van der Waals surface area contributed by atoms with Crippen molar-refractivity contribution < 1.29 is 4.74 Å². The van der Waals surface area contributed by atoms with E-state index < -0.39 is 0 Å². The first-order valence-electron chi connectivity index (χ1n) is 6.77. The average Bonchev–Trinajstić information content (AvgIpc) is 2.86. The van der Waals surface area contributed by atoms with Crippen LogP contribution in [0.4, 0.5) is 0 Å². The van der Waals surface area contributed by atoms with Gasteiger partial charge in [-0.2, -0.15) is 5.10 Å². The summed E-state index contributed by atoms with van der Waals surface area (Å²) in [5.41, 5.74) is 0.913. The van der Waals surface area contributed by atoms with Crippen LogP contribution in [-0.2, 0) is 19.7 Å². The number of halogens is 2. The smallest absolute Gasteiger partial charge is 0.164 e. The van der Waals surface area contributed by atoms with Crippen molar-refractivity contribution in [1.29, 1.82) is 0 Å². The van der Waals surface area contributed by atoms with E-state index in [2.05, 4.69) is 22.3 Å². The van der Waals surface area contributed by atoms with Crippen LogP contribution in [0.5, 0.6) is 5.75 Å². The zero-order chi connectivity index (χ0) is 15.2. The van der Waals surface area contributed by atoms with E-state index in [4.69, 9.17) is 27.9 Å². The summed E-state index contributed by atoms with van der Waals surface area (Å²) in [6.45, 7) is 3.85. The quantitative estimate of drug-likeness (QED) is 0.847. The van der Waals surface area contributed by atoms with Crippen LogP contribution in [0.15, 0.2) is 18.5 Å². The first-order chi connectivity index (χ1) is 10.2. The summed E-state index contributed by atoms with van der Waals surface area (Å²) in [5.74, 6) is 1.40. The van der Waals surface area contributed by atoms with Gasteiger partial charge >= 0.3 is 0 Å². The lowest BCUT2D eigenvalue weighted by Crippen LogP contribution is -2.11. The molecule has 1 heterocycles. The molecule has 0 amide bonds. The molecule has 0 fully saturated rings. The molecule has 0 unspecified atom stereocenters. The third-order valence-corrected chi connectivity index (χ3v) is 3.43. The Morgan fingerprint density at radius 3 is 2.86 bits per heavy atom. The predicted octanol–water partition coefficient (Wildman–Crippen LogP) is 3.29. The third kappa shape index (κ3) is 4.09. The number of nitrogens with zero attached hydrogens (tertiary/aromatic N) is 3. The molecule has 2 aromatic rings. The van der Waals surface area contributed by atoms with E-state index >= 15 is 0 Å². The van der Waals surface area contributed by atoms with Crippen molar-refractivity contribution in [3.05, 3.63) is 39.9 Å². The molecule has 7 heteroatoms. The first kappa shape index (κ1) is 16.1. The molecule has 21 heavy (non-hydrogen) atoms. The number of ether oxygens (including phenoxy) is 1. The molecule has 0 saturated heterocycles. The highest BCUT2D eigenvalue weighted by Crippen LogP contribution is 2.32.